The Morgan fingerprint density at radius 1 is 1.29 bits per heavy atom. The molecule has 4 nitrogen and oxygen atoms in total. The van der Waals surface area contributed by atoms with Gasteiger partial charge in [-0.15, -0.1) is 0 Å². The van der Waals surface area contributed by atoms with E-state index in [1.165, 1.54) is 19.2 Å². The van der Waals surface area contributed by atoms with Gasteiger partial charge in [0.25, 0.3) is 0 Å². The fraction of sp³-hybridized carbons (Fsp3) is 0.400. The van der Waals surface area contributed by atoms with E-state index in [1.54, 1.807) is 12.1 Å². The molecule has 0 aromatic heterocycles. The summed E-state index contributed by atoms with van der Waals surface area (Å²) < 4.78 is 25.3. The lowest BCUT2D eigenvalue weighted by Gasteiger charge is -2.24. The van der Waals surface area contributed by atoms with Crippen LogP contribution in [0.3, 0.4) is 0 Å². The van der Waals surface area contributed by atoms with Crippen molar-refractivity contribution in [2.75, 3.05) is 13.4 Å². The summed E-state index contributed by atoms with van der Waals surface area (Å²) in [6.45, 7) is 0. The molecule has 0 aliphatic rings. The molecule has 7 heteroatoms. The van der Waals surface area contributed by atoms with Gasteiger partial charge in [0.15, 0.2) is 9.84 Å². The quantitative estimate of drug-likeness (QED) is 0.863. The molecule has 1 aromatic carbocycles. The molecular weight excluding hydrogens is 287 g/mol. The third kappa shape index (κ3) is 3.04. The smallest absolute Gasteiger partial charge is 0.247 e. The molecule has 1 N–H and O–H groups in total. The zero-order valence-electron chi connectivity index (χ0n) is 9.22. The predicted molar refractivity (Wildman–Crippen MR) is 67.2 cm³/mol. The summed E-state index contributed by atoms with van der Waals surface area (Å²) in [6.07, 6.45) is -0.675. The Morgan fingerprint density at radius 2 is 1.76 bits per heavy atom. The van der Waals surface area contributed by atoms with Crippen LogP contribution in [0.5, 0.6) is 5.75 Å². The van der Waals surface area contributed by atoms with E-state index in [0.29, 0.717) is 11.3 Å². The number of ether oxygens (including phenoxy) is 1. The maximum atomic E-state index is 11.3. The van der Waals surface area contributed by atoms with Crippen LogP contribution in [0, 0.1) is 0 Å². The molecule has 96 valence electrons. The van der Waals surface area contributed by atoms with Crippen molar-refractivity contribution in [3.05, 3.63) is 29.8 Å². The lowest BCUT2D eigenvalue weighted by Crippen LogP contribution is -2.32. The van der Waals surface area contributed by atoms with Gasteiger partial charge in [-0.3, -0.25) is 0 Å². The number of aliphatic hydroxyl groups excluding tert-OH is 1. The van der Waals surface area contributed by atoms with E-state index in [0.717, 1.165) is 6.26 Å². The Balaban J connectivity index is 3.08. The summed E-state index contributed by atoms with van der Waals surface area (Å²) in [6, 6.07) is 6.14. The lowest BCUT2D eigenvalue weighted by atomic mass is 10.1. The monoisotopic (exact) mass is 298 g/mol. The fourth-order valence-electron chi connectivity index (χ4n) is 1.18. The van der Waals surface area contributed by atoms with Gasteiger partial charge in [0.05, 0.1) is 7.11 Å². The van der Waals surface area contributed by atoms with Crippen LogP contribution in [-0.2, 0) is 9.84 Å². The molecule has 0 spiro atoms. The SMILES string of the molecule is COc1ccc(C(O)C(Cl)(Cl)S(C)(=O)=O)cc1. The molecule has 0 fully saturated rings. The molecule has 0 heterocycles. The van der Waals surface area contributed by atoms with Crippen LogP contribution in [0.2, 0.25) is 0 Å². The number of sulfone groups is 1. The molecule has 1 unspecified atom stereocenters. The van der Waals surface area contributed by atoms with Crippen molar-refractivity contribution in [1.29, 1.82) is 0 Å². The molecular formula is C10H12Cl2O4S. The molecule has 17 heavy (non-hydrogen) atoms. The minimum atomic E-state index is -3.82. The predicted octanol–water partition coefficient (Wildman–Crippen LogP) is 1.90. The number of halogens is 2. The third-order valence-electron chi connectivity index (χ3n) is 2.24. The number of rotatable bonds is 4. The number of benzene rings is 1. The second-order valence-electron chi connectivity index (χ2n) is 3.51. The first-order valence-corrected chi connectivity index (χ1v) is 7.24. The summed E-state index contributed by atoms with van der Waals surface area (Å²) in [7, 11) is -2.32. The van der Waals surface area contributed by atoms with Crippen LogP contribution in [0.1, 0.15) is 11.7 Å². The summed E-state index contributed by atoms with van der Waals surface area (Å²) in [5.41, 5.74) is 0.293. The maximum absolute atomic E-state index is 11.3. The van der Waals surface area contributed by atoms with Crippen LogP contribution in [-0.4, -0.2) is 30.6 Å². The molecule has 0 saturated heterocycles. The number of hydrogen-bond donors (Lipinski definition) is 1. The molecule has 0 amide bonds. The van der Waals surface area contributed by atoms with Gasteiger partial charge in [-0.1, -0.05) is 35.3 Å². The highest BCUT2D eigenvalue weighted by Gasteiger charge is 2.44. The van der Waals surface area contributed by atoms with Gasteiger partial charge in [-0.05, 0) is 17.7 Å². The van der Waals surface area contributed by atoms with Crippen molar-refractivity contribution < 1.29 is 18.3 Å². The third-order valence-corrected chi connectivity index (χ3v) is 5.55. The molecule has 0 aliphatic carbocycles. The first-order chi connectivity index (χ1) is 7.70. The summed E-state index contributed by atoms with van der Waals surface area (Å²) in [5.74, 6) is 0.579. The van der Waals surface area contributed by atoms with E-state index in [-0.39, 0.29) is 0 Å². The van der Waals surface area contributed by atoms with Crippen LogP contribution in [0.4, 0.5) is 0 Å². The van der Waals surface area contributed by atoms with E-state index < -0.39 is 19.6 Å². The van der Waals surface area contributed by atoms with Crippen molar-refractivity contribution >= 4 is 33.0 Å². The van der Waals surface area contributed by atoms with Gasteiger partial charge in [0.2, 0.25) is 3.67 Å². The zero-order valence-corrected chi connectivity index (χ0v) is 11.6. The number of alkyl halides is 2. The normalized spacial score (nSPS) is 14.4. The first kappa shape index (κ1) is 14.6. The van der Waals surface area contributed by atoms with Gasteiger partial charge in [-0.2, -0.15) is 0 Å². The van der Waals surface area contributed by atoms with Gasteiger partial charge < -0.3 is 9.84 Å². The minimum Gasteiger partial charge on any atom is -0.497 e. The topological polar surface area (TPSA) is 63.6 Å². The average molecular weight is 299 g/mol. The first-order valence-electron chi connectivity index (χ1n) is 4.59. The van der Waals surface area contributed by atoms with Crippen molar-refractivity contribution in [2.45, 2.75) is 9.77 Å². The van der Waals surface area contributed by atoms with Crippen LogP contribution >= 0.6 is 23.2 Å². The zero-order chi connectivity index (χ0) is 13.3. The molecule has 1 rings (SSSR count). The van der Waals surface area contributed by atoms with Gasteiger partial charge in [-0.25, -0.2) is 8.42 Å². The van der Waals surface area contributed by atoms with E-state index in [1.807, 2.05) is 0 Å². The maximum Gasteiger partial charge on any atom is 0.247 e. The fourth-order valence-corrected chi connectivity index (χ4v) is 1.98. The highest BCUT2D eigenvalue weighted by atomic mass is 35.5. The average Bonchev–Trinajstić information content (AvgIpc) is 2.26. The van der Waals surface area contributed by atoms with Crippen molar-refractivity contribution in [3.8, 4) is 5.75 Å². The molecule has 0 radical (unpaired) electrons. The Kier molecular flexibility index (Phi) is 4.30. The van der Waals surface area contributed by atoms with Crippen LogP contribution in [0.15, 0.2) is 24.3 Å². The molecule has 0 aliphatic heterocycles. The summed E-state index contributed by atoms with van der Waals surface area (Å²) in [5, 5.41) is 9.86. The Morgan fingerprint density at radius 3 is 2.12 bits per heavy atom. The van der Waals surface area contributed by atoms with Crippen LogP contribution < -0.4 is 4.74 Å². The van der Waals surface area contributed by atoms with E-state index in [9.17, 15) is 13.5 Å². The number of hydrogen-bond acceptors (Lipinski definition) is 4. The van der Waals surface area contributed by atoms with Crippen LogP contribution in [0.25, 0.3) is 0 Å². The van der Waals surface area contributed by atoms with Gasteiger partial charge in [0.1, 0.15) is 11.9 Å². The van der Waals surface area contributed by atoms with Crippen molar-refractivity contribution in [1.82, 2.24) is 0 Å². The molecule has 1 aromatic rings. The summed E-state index contributed by atoms with van der Waals surface area (Å²) in [4.78, 5) is 0. The Bertz CT molecular complexity index is 482. The second-order valence-corrected chi connectivity index (χ2v) is 7.53. The van der Waals surface area contributed by atoms with E-state index in [4.69, 9.17) is 27.9 Å². The highest BCUT2D eigenvalue weighted by molar-refractivity contribution is 7.94. The van der Waals surface area contributed by atoms with Gasteiger partial charge >= 0.3 is 0 Å². The highest BCUT2D eigenvalue weighted by Crippen LogP contribution is 2.40. The lowest BCUT2D eigenvalue weighted by molar-refractivity contribution is 0.181. The largest absolute Gasteiger partial charge is 0.497 e. The Labute approximate surface area is 110 Å². The van der Waals surface area contributed by atoms with Gasteiger partial charge in [0, 0.05) is 6.26 Å². The number of aliphatic hydroxyl groups is 1. The van der Waals surface area contributed by atoms with E-state index in [2.05, 4.69) is 0 Å². The minimum absolute atomic E-state index is 0.293. The van der Waals surface area contributed by atoms with E-state index >= 15 is 0 Å². The molecule has 1 atom stereocenters. The number of methoxy groups -OCH3 is 1. The Hall–Kier alpha value is -0.490. The van der Waals surface area contributed by atoms with Crippen molar-refractivity contribution in [2.24, 2.45) is 0 Å². The standard InChI is InChI=1S/C10H12Cl2O4S/c1-16-8-5-3-7(4-6-8)9(13)10(11,12)17(2,14)15/h3-6,9,13H,1-2H3. The van der Waals surface area contributed by atoms with Crippen molar-refractivity contribution in [3.63, 3.8) is 0 Å². The molecule has 0 saturated carbocycles. The molecule has 0 bridgehead atoms. The second kappa shape index (κ2) is 5.02. The summed E-state index contributed by atoms with van der Waals surface area (Å²) >= 11 is 11.3.